The van der Waals surface area contributed by atoms with E-state index < -0.39 is 0 Å². The quantitative estimate of drug-likeness (QED) is 0.302. The first-order valence-electron chi connectivity index (χ1n) is 11.3. The molecule has 33 heavy (non-hydrogen) atoms. The lowest BCUT2D eigenvalue weighted by molar-refractivity contribution is 0.474. The topological polar surface area (TPSA) is 29.5 Å². The van der Waals surface area contributed by atoms with Crippen LogP contribution in [0.25, 0.3) is 0 Å². The summed E-state index contributed by atoms with van der Waals surface area (Å²) < 4.78 is 6.07. The molecule has 0 aliphatic rings. The SMILES string of the molecule is CC(C)c1ccc(Sc2ccc(Oc3ccc(C(C)(C)c4ccc(O)cc4)cc3)cc2)cc1. The number of phenols is 1. The Kier molecular flexibility index (Phi) is 6.80. The number of benzene rings is 4. The molecular weight excluding hydrogens is 424 g/mol. The van der Waals surface area contributed by atoms with Gasteiger partial charge in [-0.05, 0) is 83.3 Å². The molecule has 0 amide bonds. The number of ether oxygens (including phenoxy) is 1. The van der Waals surface area contributed by atoms with Crippen LogP contribution in [-0.4, -0.2) is 5.11 Å². The fraction of sp³-hybridized carbons (Fsp3) is 0.200. The van der Waals surface area contributed by atoms with Gasteiger partial charge in [0.1, 0.15) is 17.2 Å². The van der Waals surface area contributed by atoms with Crippen molar-refractivity contribution in [3.05, 3.63) is 114 Å². The number of rotatable bonds is 7. The first-order valence-corrected chi connectivity index (χ1v) is 12.1. The third-order valence-electron chi connectivity index (χ3n) is 6.01. The van der Waals surface area contributed by atoms with Gasteiger partial charge in [0.25, 0.3) is 0 Å². The summed E-state index contributed by atoms with van der Waals surface area (Å²) in [7, 11) is 0. The van der Waals surface area contributed by atoms with Crippen LogP contribution in [0.15, 0.2) is 107 Å². The summed E-state index contributed by atoms with van der Waals surface area (Å²) in [5, 5.41) is 9.57. The minimum atomic E-state index is -0.168. The Labute approximate surface area is 201 Å². The summed E-state index contributed by atoms with van der Waals surface area (Å²) in [5.74, 6) is 2.46. The summed E-state index contributed by atoms with van der Waals surface area (Å²) in [6.45, 7) is 8.79. The van der Waals surface area contributed by atoms with E-state index in [1.807, 2.05) is 36.4 Å². The third-order valence-corrected chi connectivity index (χ3v) is 7.02. The fourth-order valence-electron chi connectivity index (χ4n) is 3.75. The highest BCUT2D eigenvalue weighted by Crippen LogP contribution is 2.35. The highest BCUT2D eigenvalue weighted by Gasteiger charge is 2.23. The van der Waals surface area contributed by atoms with E-state index in [-0.39, 0.29) is 11.2 Å². The van der Waals surface area contributed by atoms with Gasteiger partial charge in [0.15, 0.2) is 0 Å². The second-order valence-electron chi connectivity index (χ2n) is 9.10. The van der Waals surface area contributed by atoms with Crippen molar-refractivity contribution in [2.24, 2.45) is 0 Å². The van der Waals surface area contributed by atoms with E-state index in [2.05, 4.69) is 76.2 Å². The molecular formula is C30H30O2S. The number of phenolic OH excluding ortho intramolecular Hbond substituents is 1. The van der Waals surface area contributed by atoms with Crippen molar-refractivity contribution in [2.75, 3.05) is 0 Å². The minimum absolute atomic E-state index is 0.168. The van der Waals surface area contributed by atoms with Gasteiger partial charge < -0.3 is 9.84 Å². The Morgan fingerprint density at radius 2 is 1.06 bits per heavy atom. The number of hydrogen-bond acceptors (Lipinski definition) is 3. The molecule has 0 atom stereocenters. The second kappa shape index (κ2) is 9.76. The molecule has 0 saturated carbocycles. The van der Waals surface area contributed by atoms with Gasteiger partial charge in [0.2, 0.25) is 0 Å². The van der Waals surface area contributed by atoms with Crippen molar-refractivity contribution in [3.8, 4) is 17.2 Å². The molecule has 0 aliphatic carbocycles. The summed E-state index contributed by atoms with van der Waals surface area (Å²) in [4.78, 5) is 2.42. The van der Waals surface area contributed by atoms with E-state index in [1.54, 1.807) is 23.9 Å². The maximum Gasteiger partial charge on any atom is 0.127 e. The average molecular weight is 455 g/mol. The molecule has 168 valence electrons. The normalized spacial score (nSPS) is 11.5. The highest BCUT2D eigenvalue weighted by molar-refractivity contribution is 7.99. The van der Waals surface area contributed by atoms with Gasteiger partial charge in [0, 0.05) is 15.2 Å². The summed E-state index contributed by atoms with van der Waals surface area (Å²) in [5.41, 5.74) is 3.54. The maximum atomic E-state index is 9.57. The first-order chi connectivity index (χ1) is 15.8. The van der Waals surface area contributed by atoms with Gasteiger partial charge in [-0.2, -0.15) is 0 Å². The monoisotopic (exact) mass is 454 g/mol. The van der Waals surface area contributed by atoms with Crippen LogP contribution in [0.5, 0.6) is 17.2 Å². The van der Waals surface area contributed by atoms with Gasteiger partial charge in [-0.25, -0.2) is 0 Å². The number of hydrogen-bond donors (Lipinski definition) is 1. The van der Waals surface area contributed by atoms with Crippen molar-refractivity contribution < 1.29 is 9.84 Å². The Bertz CT molecular complexity index is 1170. The first kappa shape index (κ1) is 23.0. The molecule has 0 spiro atoms. The Morgan fingerprint density at radius 3 is 1.55 bits per heavy atom. The molecule has 4 aromatic rings. The molecule has 0 unspecified atom stereocenters. The summed E-state index contributed by atoms with van der Waals surface area (Å²) in [6.07, 6.45) is 0. The van der Waals surface area contributed by atoms with Crippen molar-refractivity contribution >= 4 is 11.8 Å². The lowest BCUT2D eigenvalue weighted by Gasteiger charge is -2.26. The zero-order valence-electron chi connectivity index (χ0n) is 19.6. The van der Waals surface area contributed by atoms with Crippen LogP contribution in [0.1, 0.15) is 50.3 Å². The van der Waals surface area contributed by atoms with Crippen molar-refractivity contribution in [3.63, 3.8) is 0 Å². The molecule has 0 aromatic heterocycles. The number of aromatic hydroxyl groups is 1. The van der Waals surface area contributed by atoms with Gasteiger partial charge in [-0.1, -0.05) is 75.9 Å². The highest BCUT2D eigenvalue weighted by atomic mass is 32.2. The lowest BCUT2D eigenvalue weighted by atomic mass is 9.78. The molecule has 3 heteroatoms. The van der Waals surface area contributed by atoms with E-state index in [4.69, 9.17) is 4.74 Å². The van der Waals surface area contributed by atoms with Crippen LogP contribution in [-0.2, 0) is 5.41 Å². The van der Waals surface area contributed by atoms with E-state index in [0.29, 0.717) is 5.92 Å². The lowest BCUT2D eigenvalue weighted by Crippen LogP contribution is -2.18. The van der Waals surface area contributed by atoms with E-state index in [9.17, 15) is 5.11 Å². The molecule has 0 aliphatic heterocycles. The third kappa shape index (κ3) is 5.61. The fourth-order valence-corrected chi connectivity index (χ4v) is 4.57. The molecule has 0 fully saturated rings. The summed E-state index contributed by atoms with van der Waals surface area (Å²) >= 11 is 1.76. The van der Waals surface area contributed by atoms with Gasteiger partial charge in [0.05, 0.1) is 0 Å². The standard InChI is InChI=1S/C30H30O2S/c1-21(2)22-5-17-28(18-6-22)33-29-19-15-27(16-20-29)32-26-13-9-24(10-14-26)30(3,4)23-7-11-25(31)12-8-23/h5-21,31H,1-4H3. The van der Waals surface area contributed by atoms with E-state index in [0.717, 1.165) is 17.1 Å². The molecule has 0 radical (unpaired) electrons. The van der Waals surface area contributed by atoms with Crippen LogP contribution in [0.4, 0.5) is 0 Å². The van der Waals surface area contributed by atoms with Crippen LogP contribution >= 0.6 is 11.8 Å². The Balaban J connectivity index is 1.40. The average Bonchev–Trinajstić information content (AvgIpc) is 2.81. The van der Waals surface area contributed by atoms with Crippen molar-refractivity contribution in [2.45, 2.75) is 48.8 Å². The van der Waals surface area contributed by atoms with Crippen LogP contribution < -0.4 is 4.74 Å². The van der Waals surface area contributed by atoms with Gasteiger partial charge >= 0.3 is 0 Å². The zero-order chi connectivity index (χ0) is 23.4. The summed E-state index contributed by atoms with van der Waals surface area (Å²) in [6, 6.07) is 32.6. The molecule has 4 aromatic carbocycles. The Morgan fingerprint density at radius 1 is 0.636 bits per heavy atom. The van der Waals surface area contributed by atoms with E-state index >= 15 is 0 Å². The molecule has 1 N–H and O–H groups in total. The molecule has 2 nitrogen and oxygen atoms in total. The molecule has 0 bridgehead atoms. The van der Waals surface area contributed by atoms with Crippen LogP contribution in [0.2, 0.25) is 0 Å². The van der Waals surface area contributed by atoms with Crippen LogP contribution in [0, 0.1) is 0 Å². The second-order valence-corrected chi connectivity index (χ2v) is 10.2. The largest absolute Gasteiger partial charge is 0.508 e. The van der Waals surface area contributed by atoms with Gasteiger partial charge in [-0.3, -0.25) is 0 Å². The predicted molar refractivity (Wildman–Crippen MR) is 138 cm³/mol. The Hall–Kier alpha value is -3.17. The minimum Gasteiger partial charge on any atom is -0.508 e. The molecule has 0 heterocycles. The smallest absolute Gasteiger partial charge is 0.127 e. The van der Waals surface area contributed by atoms with Crippen molar-refractivity contribution in [1.29, 1.82) is 0 Å². The van der Waals surface area contributed by atoms with E-state index in [1.165, 1.54) is 20.9 Å². The molecule has 4 rings (SSSR count). The van der Waals surface area contributed by atoms with Crippen molar-refractivity contribution in [1.82, 2.24) is 0 Å². The van der Waals surface area contributed by atoms with Gasteiger partial charge in [-0.15, -0.1) is 0 Å². The molecule has 0 saturated heterocycles. The zero-order valence-corrected chi connectivity index (χ0v) is 20.4. The predicted octanol–water partition coefficient (Wildman–Crippen LogP) is 8.79. The van der Waals surface area contributed by atoms with Crippen LogP contribution in [0.3, 0.4) is 0 Å². The maximum absolute atomic E-state index is 9.57.